The van der Waals surface area contributed by atoms with Crippen molar-refractivity contribution in [1.29, 1.82) is 0 Å². The summed E-state index contributed by atoms with van der Waals surface area (Å²) in [5, 5.41) is 2.64. The van der Waals surface area contributed by atoms with Crippen LogP contribution in [0.5, 0.6) is 0 Å². The third-order valence-electron chi connectivity index (χ3n) is 2.90. The zero-order valence-corrected chi connectivity index (χ0v) is 9.83. The molecule has 2 aromatic carbocycles. The van der Waals surface area contributed by atoms with E-state index in [-0.39, 0.29) is 0 Å². The molecule has 0 aliphatic rings. The average Bonchev–Trinajstić information content (AvgIpc) is 2.27. The zero-order valence-electron chi connectivity index (χ0n) is 9.83. The Bertz CT molecular complexity index is 560. The van der Waals surface area contributed by atoms with Crippen LogP contribution in [0.25, 0.3) is 16.8 Å². The second kappa shape index (κ2) is 4.36. The van der Waals surface area contributed by atoms with Gasteiger partial charge in [0.1, 0.15) is 0 Å². The van der Waals surface area contributed by atoms with Crippen LogP contribution in [0.1, 0.15) is 16.7 Å². The van der Waals surface area contributed by atoms with Gasteiger partial charge in [0.25, 0.3) is 0 Å². The van der Waals surface area contributed by atoms with Crippen molar-refractivity contribution in [3.05, 3.63) is 65.8 Å². The molecule has 0 amide bonds. The SMILES string of the molecule is C=C/C=C\c1cc2c(C)cccc2cc1C. The average molecular weight is 208 g/mol. The Morgan fingerprint density at radius 1 is 1.06 bits per heavy atom. The predicted molar refractivity (Wildman–Crippen MR) is 72.7 cm³/mol. The lowest BCUT2D eigenvalue weighted by molar-refractivity contribution is 1.45. The van der Waals surface area contributed by atoms with Crippen molar-refractivity contribution in [3.8, 4) is 0 Å². The number of fused-ring (bicyclic) bond motifs is 1. The van der Waals surface area contributed by atoms with Crippen LogP contribution in [-0.4, -0.2) is 0 Å². The second-order valence-electron chi connectivity index (χ2n) is 4.10. The van der Waals surface area contributed by atoms with Gasteiger partial charge in [0, 0.05) is 0 Å². The van der Waals surface area contributed by atoms with E-state index in [1.165, 1.54) is 27.5 Å². The van der Waals surface area contributed by atoms with E-state index in [0.29, 0.717) is 0 Å². The molecule has 0 aliphatic carbocycles. The number of hydrogen-bond acceptors (Lipinski definition) is 0. The zero-order chi connectivity index (χ0) is 11.5. The molecule has 0 N–H and O–H groups in total. The third-order valence-corrected chi connectivity index (χ3v) is 2.90. The van der Waals surface area contributed by atoms with Crippen LogP contribution >= 0.6 is 0 Å². The number of hydrogen-bond donors (Lipinski definition) is 0. The summed E-state index contributed by atoms with van der Waals surface area (Å²) in [6.45, 7) is 7.99. The van der Waals surface area contributed by atoms with Gasteiger partial charge in [0.15, 0.2) is 0 Å². The summed E-state index contributed by atoms with van der Waals surface area (Å²) in [7, 11) is 0. The maximum absolute atomic E-state index is 3.70. The molecular formula is C16H16. The van der Waals surface area contributed by atoms with E-state index in [9.17, 15) is 0 Å². The van der Waals surface area contributed by atoms with Crippen LogP contribution < -0.4 is 0 Å². The van der Waals surface area contributed by atoms with Gasteiger partial charge in [-0.15, -0.1) is 0 Å². The van der Waals surface area contributed by atoms with E-state index >= 15 is 0 Å². The lowest BCUT2D eigenvalue weighted by Gasteiger charge is -2.06. The topological polar surface area (TPSA) is 0 Å². The molecule has 0 nitrogen and oxygen atoms in total. The van der Waals surface area contributed by atoms with Crippen molar-refractivity contribution >= 4 is 16.8 Å². The van der Waals surface area contributed by atoms with Crippen LogP contribution in [-0.2, 0) is 0 Å². The van der Waals surface area contributed by atoms with Gasteiger partial charge in [-0.2, -0.15) is 0 Å². The largest absolute Gasteiger partial charge is 0.0991 e. The Hall–Kier alpha value is -1.82. The highest BCUT2D eigenvalue weighted by molar-refractivity contribution is 5.88. The maximum atomic E-state index is 3.70. The fourth-order valence-electron chi connectivity index (χ4n) is 1.96. The summed E-state index contributed by atoms with van der Waals surface area (Å²) in [6, 6.07) is 10.9. The van der Waals surface area contributed by atoms with Gasteiger partial charge in [0.05, 0.1) is 0 Å². The van der Waals surface area contributed by atoms with E-state index < -0.39 is 0 Å². The van der Waals surface area contributed by atoms with E-state index in [1.54, 1.807) is 0 Å². The van der Waals surface area contributed by atoms with Crippen LogP contribution in [0, 0.1) is 13.8 Å². The molecule has 0 atom stereocenters. The Balaban J connectivity index is 2.68. The van der Waals surface area contributed by atoms with Gasteiger partial charge >= 0.3 is 0 Å². The fraction of sp³-hybridized carbons (Fsp3) is 0.125. The van der Waals surface area contributed by atoms with Gasteiger partial charge in [-0.1, -0.05) is 49.1 Å². The Labute approximate surface area is 96.9 Å². The van der Waals surface area contributed by atoms with Crippen molar-refractivity contribution in [2.75, 3.05) is 0 Å². The molecule has 80 valence electrons. The second-order valence-corrected chi connectivity index (χ2v) is 4.10. The Morgan fingerprint density at radius 2 is 1.88 bits per heavy atom. The standard InChI is InChI=1S/C16H16/c1-4-5-8-14-11-16-12(2)7-6-9-15(16)10-13(14)3/h4-11H,1H2,2-3H3/b8-5-. The third kappa shape index (κ3) is 1.92. The molecule has 0 heteroatoms. The molecule has 0 aromatic heterocycles. The minimum atomic E-state index is 1.27. The fourth-order valence-corrected chi connectivity index (χ4v) is 1.96. The molecule has 0 spiro atoms. The summed E-state index contributed by atoms with van der Waals surface area (Å²) in [5.74, 6) is 0. The van der Waals surface area contributed by atoms with Crippen molar-refractivity contribution in [3.63, 3.8) is 0 Å². The molecule has 0 fully saturated rings. The molecule has 16 heavy (non-hydrogen) atoms. The van der Waals surface area contributed by atoms with Crippen LogP contribution in [0.2, 0.25) is 0 Å². The summed E-state index contributed by atoms with van der Waals surface area (Å²) < 4.78 is 0. The first-order chi connectivity index (χ1) is 7.72. The molecule has 2 rings (SSSR count). The lowest BCUT2D eigenvalue weighted by Crippen LogP contribution is -1.84. The first kappa shape index (κ1) is 10.7. The normalized spacial score (nSPS) is 11.1. The predicted octanol–water partition coefficient (Wildman–Crippen LogP) is 4.66. The molecule has 0 unspecified atom stereocenters. The highest BCUT2D eigenvalue weighted by atomic mass is 14.0. The van der Waals surface area contributed by atoms with Gasteiger partial charge < -0.3 is 0 Å². The molecule has 0 bridgehead atoms. The first-order valence-electron chi connectivity index (χ1n) is 5.51. The summed E-state index contributed by atoms with van der Waals surface area (Å²) in [6.07, 6.45) is 5.89. The van der Waals surface area contributed by atoms with E-state index in [4.69, 9.17) is 0 Å². The van der Waals surface area contributed by atoms with Crippen molar-refractivity contribution in [2.45, 2.75) is 13.8 Å². The van der Waals surface area contributed by atoms with Gasteiger partial charge in [-0.25, -0.2) is 0 Å². The molecule has 0 saturated carbocycles. The monoisotopic (exact) mass is 208 g/mol. The number of rotatable bonds is 2. The van der Waals surface area contributed by atoms with Gasteiger partial charge in [0.2, 0.25) is 0 Å². The molecular weight excluding hydrogens is 192 g/mol. The summed E-state index contributed by atoms with van der Waals surface area (Å²) in [5.41, 5.74) is 3.89. The van der Waals surface area contributed by atoms with Crippen LogP contribution in [0.3, 0.4) is 0 Å². The van der Waals surface area contributed by atoms with Crippen LogP contribution in [0.15, 0.2) is 49.1 Å². The molecule has 0 heterocycles. The highest BCUT2D eigenvalue weighted by Gasteiger charge is 2.00. The molecule has 0 aliphatic heterocycles. The lowest BCUT2D eigenvalue weighted by atomic mass is 9.98. The van der Waals surface area contributed by atoms with E-state index in [2.05, 4.69) is 56.8 Å². The summed E-state index contributed by atoms with van der Waals surface area (Å²) in [4.78, 5) is 0. The molecule has 0 radical (unpaired) electrons. The summed E-state index contributed by atoms with van der Waals surface area (Å²) >= 11 is 0. The van der Waals surface area contributed by atoms with Crippen LogP contribution in [0.4, 0.5) is 0 Å². The number of aryl methyl sites for hydroxylation is 2. The van der Waals surface area contributed by atoms with Crippen molar-refractivity contribution < 1.29 is 0 Å². The smallest absolute Gasteiger partial charge is 0.0149 e. The number of allylic oxidation sites excluding steroid dienone is 2. The molecule has 2 aromatic rings. The minimum absolute atomic E-state index is 1.27. The van der Waals surface area contributed by atoms with Crippen molar-refractivity contribution in [2.24, 2.45) is 0 Å². The quantitative estimate of drug-likeness (QED) is 0.630. The van der Waals surface area contributed by atoms with E-state index in [0.717, 1.165) is 0 Å². The highest BCUT2D eigenvalue weighted by Crippen LogP contribution is 2.23. The van der Waals surface area contributed by atoms with E-state index in [1.807, 2.05) is 12.2 Å². The molecule has 0 saturated heterocycles. The van der Waals surface area contributed by atoms with Gasteiger partial charge in [-0.3, -0.25) is 0 Å². The Morgan fingerprint density at radius 3 is 2.62 bits per heavy atom. The van der Waals surface area contributed by atoms with Crippen molar-refractivity contribution in [1.82, 2.24) is 0 Å². The Kier molecular flexibility index (Phi) is 2.91. The minimum Gasteiger partial charge on any atom is -0.0991 e. The van der Waals surface area contributed by atoms with Gasteiger partial charge in [-0.05, 0) is 47.4 Å². The maximum Gasteiger partial charge on any atom is -0.0149 e. The first-order valence-corrected chi connectivity index (χ1v) is 5.51. The number of benzene rings is 2.